The van der Waals surface area contributed by atoms with Gasteiger partial charge in [-0.25, -0.2) is 0 Å². The molecule has 210 valence electrons. The molecule has 8 atom stereocenters. The molecule has 9 heteroatoms. The minimum atomic E-state index is -1.40. The molecule has 2 heterocycles. The highest BCUT2D eigenvalue weighted by Crippen LogP contribution is 2.30. The van der Waals surface area contributed by atoms with Crippen molar-refractivity contribution in [2.75, 3.05) is 12.8 Å². The normalized spacial score (nSPS) is 29.3. The summed E-state index contributed by atoms with van der Waals surface area (Å²) in [7, 11) is 0. The largest absolute Gasteiger partial charge is 0.388 e. The third kappa shape index (κ3) is 7.52. The average Bonchev–Trinajstić information content (AvgIpc) is 3.20. The van der Waals surface area contributed by atoms with Crippen molar-refractivity contribution in [1.29, 1.82) is 0 Å². The second-order valence-corrected chi connectivity index (χ2v) is 11.6. The van der Waals surface area contributed by atoms with Crippen LogP contribution in [0.3, 0.4) is 0 Å². The molecule has 39 heavy (non-hydrogen) atoms. The number of hydrogen-bond acceptors (Lipinski definition) is 7. The quantitative estimate of drug-likeness (QED) is 0.309. The molecule has 0 bridgehead atoms. The van der Waals surface area contributed by atoms with E-state index in [4.69, 9.17) is 16.3 Å². The lowest BCUT2D eigenvalue weighted by Gasteiger charge is -2.44. The molecule has 3 unspecified atom stereocenters. The van der Waals surface area contributed by atoms with Crippen LogP contribution in [0.15, 0.2) is 72.3 Å². The molecule has 4 rings (SSSR count). The Kier molecular flexibility index (Phi) is 10.7. The average molecular weight is 573 g/mol. The van der Waals surface area contributed by atoms with E-state index in [1.165, 1.54) is 22.9 Å². The first kappa shape index (κ1) is 29.8. The number of hydrogen-bond donors (Lipinski definition) is 5. The van der Waals surface area contributed by atoms with Gasteiger partial charge in [-0.2, -0.15) is 0 Å². The maximum atomic E-state index is 13.2. The molecular weight excluding hydrogens is 536 g/mol. The number of halogens is 1. The number of aliphatic hydroxyl groups is 3. The van der Waals surface area contributed by atoms with Crippen LogP contribution in [0.1, 0.15) is 25.3 Å². The van der Waals surface area contributed by atoms with E-state index in [1.807, 2.05) is 18.2 Å². The molecule has 2 aromatic rings. The van der Waals surface area contributed by atoms with E-state index < -0.39 is 47.3 Å². The van der Waals surface area contributed by atoms with Gasteiger partial charge in [-0.05, 0) is 49.3 Å². The van der Waals surface area contributed by atoms with Gasteiger partial charge in [0.2, 0.25) is 5.91 Å². The summed E-state index contributed by atoms with van der Waals surface area (Å²) in [5, 5.41) is 36.7. The first-order valence-electron chi connectivity index (χ1n) is 13.2. The second kappa shape index (κ2) is 13.9. The Morgan fingerprint density at radius 1 is 1.05 bits per heavy atom. The maximum absolute atomic E-state index is 13.2. The van der Waals surface area contributed by atoms with E-state index in [0.717, 1.165) is 17.6 Å². The van der Waals surface area contributed by atoms with Crippen molar-refractivity contribution in [2.45, 2.75) is 67.1 Å². The highest BCUT2D eigenvalue weighted by Gasteiger charge is 2.48. The zero-order valence-electron chi connectivity index (χ0n) is 22.1. The van der Waals surface area contributed by atoms with Crippen LogP contribution >= 0.6 is 23.4 Å². The summed E-state index contributed by atoms with van der Waals surface area (Å²) < 4.78 is 5.85. The lowest BCUT2D eigenvalue weighted by Crippen LogP contribution is -2.65. The maximum Gasteiger partial charge on any atom is 0.237 e. The van der Waals surface area contributed by atoms with Crippen LogP contribution in [0.5, 0.6) is 0 Å². The molecule has 0 aromatic heterocycles. The Balaban J connectivity index is 1.37. The molecule has 0 radical (unpaired) electrons. The number of allylic oxidation sites excluding steroid dienone is 1. The van der Waals surface area contributed by atoms with Gasteiger partial charge in [0.15, 0.2) is 0 Å². The zero-order chi connectivity index (χ0) is 27.9. The van der Waals surface area contributed by atoms with Crippen LogP contribution < -0.4 is 10.6 Å². The number of carbonyl (C=O) groups is 1. The lowest BCUT2D eigenvalue weighted by atomic mass is 9.93. The van der Waals surface area contributed by atoms with Gasteiger partial charge in [-0.1, -0.05) is 78.4 Å². The van der Waals surface area contributed by atoms with Crippen LogP contribution in [0, 0.1) is 0 Å². The van der Waals surface area contributed by atoms with Gasteiger partial charge in [-0.15, -0.1) is 23.4 Å². The van der Waals surface area contributed by atoms with Crippen molar-refractivity contribution in [2.24, 2.45) is 0 Å². The lowest BCUT2D eigenvalue weighted by molar-refractivity contribution is -0.205. The van der Waals surface area contributed by atoms with Gasteiger partial charge in [0.05, 0.1) is 17.5 Å². The fourth-order valence-corrected chi connectivity index (χ4v) is 5.79. The number of nitrogens with one attached hydrogen (secondary N) is 2. The summed E-state index contributed by atoms with van der Waals surface area (Å²) in [6, 6.07) is 17.4. The van der Waals surface area contributed by atoms with Crippen molar-refractivity contribution >= 4 is 35.3 Å². The van der Waals surface area contributed by atoms with E-state index in [1.54, 1.807) is 13.2 Å². The van der Waals surface area contributed by atoms with Gasteiger partial charge < -0.3 is 30.7 Å². The molecule has 5 N–H and O–H groups in total. The Morgan fingerprint density at radius 2 is 1.74 bits per heavy atom. The fourth-order valence-electron chi connectivity index (χ4n) is 4.91. The standard InChI is InChI=1S/C30H37ClN2O5S/c1-18(31)24(28-26(35)25(34)27(36)30(38-28)39-2)33-29(37)23-15-12-20(16-17-32-23)9-8-19-10-13-22(14-11-19)21-6-4-3-5-7-21/h3-14,18,23-28,30,32,34-36H,15-17H2,1-2H3,(H,33,37)/b9-8+/t18-,23-,24+,25?,26?,27+,28+,30?/m0/s1. The van der Waals surface area contributed by atoms with E-state index in [0.29, 0.717) is 13.0 Å². The second-order valence-electron chi connectivity index (χ2n) is 9.98. The van der Waals surface area contributed by atoms with Crippen LogP contribution in [0.2, 0.25) is 0 Å². The molecule has 0 aliphatic carbocycles. The summed E-state index contributed by atoms with van der Waals surface area (Å²) in [5.74, 6) is -0.261. The first-order chi connectivity index (χ1) is 18.8. The summed E-state index contributed by atoms with van der Waals surface area (Å²) >= 11 is 7.62. The Hall–Kier alpha value is -2.17. The van der Waals surface area contributed by atoms with Gasteiger partial charge in [0.1, 0.15) is 29.9 Å². The predicted octanol–water partition coefficient (Wildman–Crippen LogP) is 3.33. The summed E-state index contributed by atoms with van der Waals surface area (Å²) in [6.45, 7) is 2.33. The molecule has 1 saturated heterocycles. The van der Waals surface area contributed by atoms with Crippen LogP contribution in [0.4, 0.5) is 0 Å². The van der Waals surface area contributed by atoms with E-state index in [9.17, 15) is 20.1 Å². The molecule has 1 amide bonds. The molecule has 2 aromatic carbocycles. The molecule has 0 spiro atoms. The van der Waals surface area contributed by atoms with Crippen LogP contribution in [0.25, 0.3) is 17.2 Å². The number of rotatable bonds is 8. The number of aliphatic hydroxyl groups excluding tert-OH is 3. The van der Waals surface area contributed by atoms with Crippen LogP contribution in [-0.4, -0.2) is 81.3 Å². The number of benzene rings is 2. The highest BCUT2D eigenvalue weighted by molar-refractivity contribution is 7.99. The van der Waals surface area contributed by atoms with E-state index in [2.05, 4.69) is 65.3 Å². The van der Waals surface area contributed by atoms with Crippen molar-refractivity contribution < 1.29 is 24.9 Å². The molecule has 7 nitrogen and oxygen atoms in total. The molecule has 2 aliphatic rings. The monoisotopic (exact) mass is 572 g/mol. The van der Waals surface area contributed by atoms with Gasteiger partial charge in [-0.3, -0.25) is 4.79 Å². The Morgan fingerprint density at radius 3 is 2.41 bits per heavy atom. The summed E-state index contributed by atoms with van der Waals surface area (Å²) in [6.07, 6.45) is 4.23. The minimum Gasteiger partial charge on any atom is -0.388 e. The van der Waals surface area contributed by atoms with Crippen LogP contribution in [-0.2, 0) is 9.53 Å². The van der Waals surface area contributed by atoms with Gasteiger partial charge in [0, 0.05) is 0 Å². The number of carbonyl (C=O) groups excluding carboxylic acids is 1. The third-order valence-electron chi connectivity index (χ3n) is 7.24. The van der Waals surface area contributed by atoms with E-state index in [-0.39, 0.29) is 5.91 Å². The molecule has 0 saturated carbocycles. The van der Waals surface area contributed by atoms with Gasteiger partial charge >= 0.3 is 0 Å². The molecular formula is C30H37ClN2O5S. The number of amides is 1. The summed E-state index contributed by atoms with van der Waals surface area (Å²) in [4.78, 5) is 13.2. The third-order valence-corrected chi connectivity index (χ3v) is 8.37. The zero-order valence-corrected chi connectivity index (χ0v) is 23.7. The number of alkyl halides is 1. The smallest absolute Gasteiger partial charge is 0.237 e. The van der Waals surface area contributed by atoms with Crippen molar-refractivity contribution in [3.05, 3.63) is 77.9 Å². The van der Waals surface area contributed by atoms with Gasteiger partial charge in [0.25, 0.3) is 0 Å². The summed E-state index contributed by atoms with van der Waals surface area (Å²) in [5.41, 5.74) is 3.85. The molecule has 2 aliphatic heterocycles. The Labute approximate surface area is 239 Å². The van der Waals surface area contributed by atoms with Crippen molar-refractivity contribution in [1.82, 2.24) is 10.6 Å². The van der Waals surface area contributed by atoms with Crippen molar-refractivity contribution in [3.8, 4) is 11.1 Å². The molecule has 1 fully saturated rings. The number of ether oxygens (including phenoxy) is 1. The Bertz CT molecular complexity index is 1140. The first-order valence-corrected chi connectivity index (χ1v) is 14.9. The fraction of sp³-hybridized carbons (Fsp3) is 0.433. The SMILES string of the molecule is CSC1O[C@H]([C@H](NC(=O)[C@@H]2CC=C(/C=C/c3ccc(-c4ccccc4)cc3)CCN2)[C@H](C)Cl)C(O)C(O)[C@H]1O. The minimum absolute atomic E-state index is 0.261. The highest BCUT2D eigenvalue weighted by atomic mass is 35.5. The number of thioether (sulfide) groups is 1. The van der Waals surface area contributed by atoms with Crippen molar-refractivity contribution in [3.63, 3.8) is 0 Å². The van der Waals surface area contributed by atoms with E-state index >= 15 is 0 Å². The predicted molar refractivity (Wildman–Crippen MR) is 157 cm³/mol. The topological polar surface area (TPSA) is 111 Å².